The minimum atomic E-state index is -0.268. The number of hydrogen-bond acceptors (Lipinski definition) is 4. The average molecular weight is 533 g/mol. The second kappa shape index (κ2) is 12.7. The normalized spacial score (nSPS) is 14.1. The largest absolute Gasteiger partial charge is 0.497 e. The van der Waals surface area contributed by atoms with Crippen molar-refractivity contribution in [2.75, 3.05) is 13.7 Å². The van der Waals surface area contributed by atoms with Gasteiger partial charge < -0.3 is 14.2 Å². The molecule has 5 heteroatoms. The Labute approximate surface area is 232 Å². The van der Waals surface area contributed by atoms with Gasteiger partial charge in [0, 0.05) is 5.56 Å². The summed E-state index contributed by atoms with van der Waals surface area (Å²) in [6.45, 7) is 9.19. The monoisotopic (exact) mass is 532 g/mol. The maximum atomic E-state index is 14.9. The van der Waals surface area contributed by atoms with Crippen LogP contribution in [0.25, 0.3) is 11.1 Å². The highest BCUT2D eigenvalue weighted by Gasteiger charge is 2.28. The van der Waals surface area contributed by atoms with Crippen LogP contribution in [0.2, 0.25) is 0 Å². The van der Waals surface area contributed by atoms with Gasteiger partial charge in [-0.15, -0.1) is 0 Å². The van der Waals surface area contributed by atoms with E-state index in [9.17, 15) is 9.18 Å². The van der Waals surface area contributed by atoms with Gasteiger partial charge in [-0.05, 0) is 89.6 Å². The molecule has 1 saturated carbocycles. The predicted molar refractivity (Wildman–Crippen MR) is 154 cm³/mol. The van der Waals surface area contributed by atoms with E-state index in [0.29, 0.717) is 36.9 Å². The van der Waals surface area contributed by atoms with E-state index in [1.807, 2.05) is 31.2 Å². The molecule has 39 heavy (non-hydrogen) atoms. The average Bonchev–Trinajstić information content (AvgIpc) is 3.71. The molecule has 0 amide bonds. The Kier molecular flexibility index (Phi) is 9.32. The van der Waals surface area contributed by atoms with Gasteiger partial charge in [0.15, 0.2) is 0 Å². The van der Waals surface area contributed by atoms with Gasteiger partial charge in [0.2, 0.25) is 0 Å². The fourth-order valence-corrected chi connectivity index (χ4v) is 5.09. The SMILES string of the molecule is CCOC(=O)CC(CC1CC1)c1cccc(OCc2ccc(-c3cc(OC)ccc3F)c(CC(C)(C)C)c2)c1. The molecule has 0 heterocycles. The molecule has 4 nitrogen and oxygen atoms in total. The second-order valence-corrected chi connectivity index (χ2v) is 11.8. The molecular formula is C34H41FO4. The Morgan fingerprint density at radius 2 is 1.79 bits per heavy atom. The molecule has 4 rings (SSSR count). The number of carbonyl (C=O) groups excluding carboxylic acids is 1. The quantitative estimate of drug-likeness (QED) is 0.219. The van der Waals surface area contributed by atoms with E-state index in [4.69, 9.17) is 14.2 Å². The Morgan fingerprint density at radius 3 is 2.49 bits per heavy atom. The summed E-state index contributed by atoms with van der Waals surface area (Å²) < 4.78 is 31.7. The van der Waals surface area contributed by atoms with E-state index >= 15 is 0 Å². The van der Waals surface area contributed by atoms with Gasteiger partial charge in [-0.3, -0.25) is 4.79 Å². The van der Waals surface area contributed by atoms with Gasteiger partial charge >= 0.3 is 5.97 Å². The van der Waals surface area contributed by atoms with Gasteiger partial charge in [0.1, 0.15) is 23.9 Å². The zero-order chi connectivity index (χ0) is 28.0. The van der Waals surface area contributed by atoms with Gasteiger partial charge in [-0.1, -0.05) is 63.9 Å². The van der Waals surface area contributed by atoms with Gasteiger partial charge in [-0.25, -0.2) is 4.39 Å². The number of halogens is 1. The van der Waals surface area contributed by atoms with Crippen LogP contribution in [0.15, 0.2) is 60.7 Å². The number of benzene rings is 3. The van der Waals surface area contributed by atoms with Crippen LogP contribution in [-0.4, -0.2) is 19.7 Å². The van der Waals surface area contributed by atoms with Gasteiger partial charge in [0.25, 0.3) is 0 Å². The topological polar surface area (TPSA) is 44.8 Å². The van der Waals surface area contributed by atoms with E-state index in [1.54, 1.807) is 19.2 Å². The van der Waals surface area contributed by atoms with E-state index < -0.39 is 0 Å². The molecule has 0 saturated heterocycles. The third kappa shape index (κ3) is 8.32. The first kappa shape index (κ1) is 28.7. The first-order chi connectivity index (χ1) is 18.6. The lowest BCUT2D eigenvalue weighted by Crippen LogP contribution is -2.11. The number of carbonyl (C=O) groups is 1. The molecular weight excluding hydrogens is 491 g/mol. The Hall–Kier alpha value is -3.34. The van der Waals surface area contributed by atoms with Crippen LogP contribution in [0.3, 0.4) is 0 Å². The van der Waals surface area contributed by atoms with Crippen LogP contribution < -0.4 is 9.47 Å². The van der Waals surface area contributed by atoms with Crippen LogP contribution in [-0.2, 0) is 22.6 Å². The molecule has 0 aliphatic heterocycles. The number of rotatable bonds is 12. The minimum Gasteiger partial charge on any atom is -0.497 e. The molecule has 0 bridgehead atoms. The van der Waals surface area contributed by atoms with Crippen LogP contribution in [0.4, 0.5) is 4.39 Å². The molecule has 3 aromatic rings. The van der Waals surface area contributed by atoms with Crippen LogP contribution in [0.1, 0.15) is 76.0 Å². The summed E-state index contributed by atoms with van der Waals surface area (Å²) in [5, 5.41) is 0. The molecule has 1 unspecified atom stereocenters. The number of esters is 1. The zero-order valence-corrected chi connectivity index (χ0v) is 23.9. The van der Waals surface area contributed by atoms with E-state index in [0.717, 1.165) is 40.8 Å². The van der Waals surface area contributed by atoms with Crippen molar-refractivity contribution in [3.8, 4) is 22.6 Å². The molecule has 208 valence electrons. The summed E-state index contributed by atoms with van der Waals surface area (Å²) in [6, 6.07) is 19.1. The maximum Gasteiger partial charge on any atom is 0.306 e. The van der Waals surface area contributed by atoms with E-state index in [1.165, 1.54) is 18.9 Å². The highest BCUT2D eigenvalue weighted by Crippen LogP contribution is 2.41. The standard InChI is InChI=1S/C34H41FO4/c1-6-38-33(36)19-26(16-23-10-11-23)25-8-7-9-29(18-25)39-22-24-12-14-30(27(17-24)21-34(2,3)4)31-20-28(37-5)13-15-32(31)35/h7-9,12-15,17-18,20,23,26H,6,10-11,16,19,21-22H2,1-5H3. The molecule has 1 atom stereocenters. The summed E-state index contributed by atoms with van der Waals surface area (Å²) >= 11 is 0. The maximum absolute atomic E-state index is 14.9. The van der Waals surface area contributed by atoms with Crippen LogP contribution in [0, 0.1) is 17.2 Å². The predicted octanol–water partition coefficient (Wildman–Crippen LogP) is 8.51. The first-order valence-electron chi connectivity index (χ1n) is 14.0. The summed E-state index contributed by atoms with van der Waals surface area (Å²) in [4.78, 5) is 12.3. The van der Waals surface area contributed by atoms with Crippen molar-refractivity contribution in [2.24, 2.45) is 11.3 Å². The lowest BCUT2D eigenvalue weighted by atomic mass is 9.84. The van der Waals surface area contributed by atoms with E-state index in [-0.39, 0.29) is 23.1 Å². The van der Waals surface area contributed by atoms with Crippen molar-refractivity contribution in [3.05, 3.63) is 83.2 Å². The third-order valence-corrected chi connectivity index (χ3v) is 7.12. The first-order valence-corrected chi connectivity index (χ1v) is 14.0. The van der Waals surface area contributed by atoms with E-state index in [2.05, 4.69) is 39.0 Å². The molecule has 0 spiro atoms. The van der Waals surface area contributed by atoms with Crippen molar-refractivity contribution in [3.63, 3.8) is 0 Å². The molecule has 0 radical (unpaired) electrons. The highest BCUT2D eigenvalue weighted by molar-refractivity contribution is 5.71. The molecule has 3 aromatic carbocycles. The highest BCUT2D eigenvalue weighted by atomic mass is 19.1. The third-order valence-electron chi connectivity index (χ3n) is 7.12. The van der Waals surface area contributed by atoms with Crippen LogP contribution in [0.5, 0.6) is 11.5 Å². The summed E-state index contributed by atoms with van der Waals surface area (Å²) in [5.74, 6) is 1.82. The Balaban J connectivity index is 1.54. The molecule has 1 aliphatic carbocycles. The second-order valence-electron chi connectivity index (χ2n) is 11.8. The van der Waals surface area contributed by atoms with Crippen molar-refractivity contribution in [1.82, 2.24) is 0 Å². The summed E-state index contributed by atoms with van der Waals surface area (Å²) in [6.07, 6.45) is 4.66. The summed E-state index contributed by atoms with van der Waals surface area (Å²) in [5.41, 5.74) is 4.64. The van der Waals surface area contributed by atoms with Crippen molar-refractivity contribution < 1.29 is 23.4 Å². The Morgan fingerprint density at radius 1 is 1.00 bits per heavy atom. The minimum absolute atomic E-state index is 0.0212. The lowest BCUT2D eigenvalue weighted by molar-refractivity contribution is -0.143. The number of methoxy groups -OCH3 is 1. The molecule has 1 aliphatic rings. The lowest BCUT2D eigenvalue weighted by Gasteiger charge is -2.22. The molecule has 0 aromatic heterocycles. The van der Waals surface area contributed by atoms with Crippen molar-refractivity contribution >= 4 is 5.97 Å². The van der Waals surface area contributed by atoms with Gasteiger partial charge in [-0.2, -0.15) is 0 Å². The van der Waals surface area contributed by atoms with Crippen molar-refractivity contribution in [1.29, 1.82) is 0 Å². The molecule has 1 fully saturated rings. The number of hydrogen-bond donors (Lipinski definition) is 0. The fraction of sp³-hybridized carbons (Fsp3) is 0.441. The summed E-state index contributed by atoms with van der Waals surface area (Å²) in [7, 11) is 1.59. The van der Waals surface area contributed by atoms with Crippen molar-refractivity contribution in [2.45, 2.75) is 72.3 Å². The van der Waals surface area contributed by atoms with Crippen LogP contribution >= 0.6 is 0 Å². The zero-order valence-electron chi connectivity index (χ0n) is 23.9. The fourth-order valence-electron chi connectivity index (χ4n) is 5.09. The Bertz CT molecular complexity index is 1270. The van der Waals surface area contributed by atoms with Gasteiger partial charge in [0.05, 0.1) is 20.1 Å². The smallest absolute Gasteiger partial charge is 0.306 e. The number of ether oxygens (including phenoxy) is 3. The molecule has 0 N–H and O–H groups in total.